The van der Waals surface area contributed by atoms with Crippen LogP contribution in [-0.2, 0) is 4.74 Å². The first-order valence-electron chi connectivity index (χ1n) is 14.2. The molecule has 1 spiro atoms. The first kappa shape index (κ1) is 25.1. The van der Waals surface area contributed by atoms with E-state index in [1.807, 2.05) is 30.1 Å². The normalized spacial score (nSPS) is 21.3. The molecule has 1 aromatic carbocycles. The third-order valence-electron chi connectivity index (χ3n) is 8.93. The number of likely N-dealkylation sites (N-methyl/N-ethyl adjacent to an activating group) is 1. The van der Waals surface area contributed by atoms with Gasteiger partial charge >= 0.3 is 6.03 Å². The number of urea groups is 1. The Balaban J connectivity index is 1.11. The number of aromatic nitrogens is 3. The molecule has 3 aromatic rings. The summed E-state index contributed by atoms with van der Waals surface area (Å²) in [6, 6.07) is 10.8. The molecule has 10 heteroatoms. The SMILES string of the molecule is C#Cc1cc(N2C(=O)N(C)CC23CCCC3)nc2nc(Nc3ccc(N4CCN(C5COC5)CC4)cc3)ncc12. The van der Waals surface area contributed by atoms with E-state index in [-0.39, 0.29) is 11.6 Å². The summed E-state index contributed by atoms with van der Waals surface area (Å²) < 4.78 is 5.35. The lowest BCUT2D eigenvalue weighted by atomic mass is 9.96. The highest BCUT2D eigenvalue weighted by Crippen LogP contribution is 2.43. The fraction of sp³-hybridized carbons (Fsp3) is 0.467. The van der Waals surface area contributed by atoms with Crippen LogP contribution < -0.4 is 15.1 Å². The molecule has 0 unspecified atom stereocenters. The van der Waals surface area contributed by atoms with E-state index in [4.69, 9.17) is 21.1 Å². The number of ether oxygens (including phenoxy) is 1. The molecular formula is C30H34N8O2. The number of amides is 2. The number of carbonyl (C=O) groups excluding carboxylic acids is 1. The molecule has 206 valence electrons. The number of rotatable bonds is 5. The van der Waals surface area contributed by atoms with Crippen molar-refractivity contribution in [3.05, 3.63) is 42.1 Å². The summed E-state index contributed by atoms with van der Waals surface area (Å²) in [6.45, 7) is 6.59. The molecule has 3 saturated heterocycles. The molecule has 3 aliphatic heterocycles. The van der Waals surface area contributed by atoms with Gasteiger partial charge in [-0.1, -0.05) is 18.8 Å². The number of terminal acetylenes is 1. The molecule has 4 aliphatic rings. The van der Waals surface area contributed by atoms with Crippen molar-refractivity contribution in [2.75, 3.05) is 68.1 Å². The number of anilines is 4. The van der Waals surface area contributed by atoms with E-state index < -0.39 is 0 Å². The largest absolute Gasteiger partial charge is 0.378 e. The fourth-order valence-corrected chi connectivity index (χ4v) is 6.66. The van der Waals surface area contributed by atoms with Crippen molar-refractivity contribution in [2.45, 2.75) is 37.3 Å². The van der Waals surface area contributed by atoms with Crippen LogP contribution in [-0.4, -0.2) is 95.3 Å². The highest BCUT2D eigenvalue weighted by atomic mass is 16.5. The van der Waals surface area contributed by atoms with Crippen molar-refractivity contribution in [3.63, 3.8) is 0 Å². The molecule has 10 nitrogen and oxygen atoms in total. The van der Waals surface area contributed by atoms with Crippen molar-refractivity contribution in [2.24, 2.45) is 0 Å². The van der Waals surface area contributed by atoms with E-state index in [1.165, 1.54) is 5.69 Å². The highest BCUT2D eigenvalue weighted by molar-refractivity contribution is 5.97. The number of piperazine rings is 1. The Bertz CT molecular complexity index is 1470. The van der Waals surface area contributed by atoms with Gasteiger partial charge in [-0.05, 0) is 43.2 Å². The molecule has 4 fully saturated rings. The summed E-state index contributed by atoms with van der Waals surface area (Å²) in [5.41, 5.74) is 2.98. The Morgan fingerprint density at radius 3 is 2.50 bits per heavy atom. The van der Waals surface area contributed by atoms with Crippen LogP contribution in [0.4, 0.5) is 27.9 Å². The van der Waals surface area contributed by atoms with Gasteiger partial charge < -0.3 is 19.9 Å². The van der Waals surface area contributed by atoms with E-state index >= 15 is 0 Å². The van der Waals surface area contributed by atoms with Gasteiger partial charge in [0.05, 0.1) is 30.2 Å². The van der Waals surface area contributed by atoms with Crippen LogP contribution in [0.1, 0.15) is 31.2 Å². The summed E-state index contributed by atoms with van der Waals surface area (Å²) in [6.07, 6.45) is 11.7. The lowest BCUT2D eigenvalue weighted by molar-refractivity contribution is -0.0660. The molecule has 0 bridgehead atoms. The zero-order valence-corrected chi connectivity index (χ0v) is 22.8. The molecule has 0 atom stereocenters. The molecular weight excluding hydrogens is 504 g/mol. The van der Waals surface area contributed by atoms with E-state index in [0.717, 1.165) is 70.8 Å². The Morgan fingerprint density at radius 2 is 1.82 bits per heavy atom. The molecule has 7 rings (SSSR count). The number of carbonyl (C=O) groups is 1. The van der Waals surface area contributed by atoms with Gasteiger partial charge in [-0.15, -0.1) is 6.42 Å². The monoisotopic (exact) mass is 538 g/mol. The molecule has 1 aliphatic carbocycles. The summed E-state index contributed by atoms with van der Waals surface area (Å²) in [7, 11) is 1.85. The van der Waals surface area contributed by atoms with E-state index in [2.05, 4.69) is 38.2 Å². The third kappa shape index (κ3) is 4.30. The van der Waals surface area contributed by atoms with Crippen LogP contribution in [0, 0.1) is 12.3 Å². The van der Waals surface area contributed by atoms with Gasteiger partial charge in [0.25, 0.3) is 0 Å². The second-order valence-corrected chi connectivity index (χ2v) is 11.4. The van der Waals surface area contributed by atoms with Crippen LogP contribution in [0.3, 0.4) is 0 Å². The number of hydrogen-bond donors (Lipinski definition) is 1. The average molecular weight is 539 g/mol. The topological polar surface area (TPSA) is 90.0 Å². The van der Waals surface area contributed by atoms with Crippen molar-refractivity contribution in [1.82, 2.24) is 24.8 Å². The third-order valence-corrected chi connectivity index (χ3v) is 8.93. The number of fused-ring (bicyclic) bond motifs is 1. The molecule has 1 N–H and O–H groups in total. The molecule has 1 saturated carbocycles. The standard InChI is InChI=1S/C30H34N8O2/c1-3-21-16-26(38-29(39)35(2)20-30(38)10-4-5-11-30)33-27-25(21)17-31-28(34-27)32-22-6-8-23(9-7-22)36-12-14-37(15-13-36)24-18-40-19-24/h1,6-9,16-17,24H,4-5,10-15,18-20H2,2H3,(H,31,32,33,34). The highest BCUT2D eigenvalue weighted by Gasteiger charge is 2.51. The Hall–Kier alpha value is -3.94. The minimum atomic E-state index is -0.230. The smallest absolute Gasteiger partial charge is 0.326 e. The van der Waals surface area contributed by atoms with E-state index in [0.29, 0.717) is 40.9 Å². The number of hydrogen-bond acceptors (Lipinski definition) is 8. The predicted octanol–water partition coefficient (Wildman–Crippen LogP) is 3.46. The summed E-state index contributed by atoms with van der Waals surface area (Å²) >= 11 is 0. The summed E-state index contributed by atoms with van der Waals surface area (Å²) in [4.78, 5) is 35.9. The maximum Gasteiger partial charge on any atom is 0.326 e. The average Bonchev–Trinajstić information content (AvgIpc) is 3.50. The van der Waals surface area contributed by atoms with Gasteiger partial charge in [-0.2, -0.15) is 4.98 Å². The van der Waals surface area contributed by atoms with Crippen LogP contribution in [0.15, 0.2) is 36.5 Å². The van der Waals surface area contributed by atoms with Gasteiger partial charge in [0, 0.05) is 62.9 Å². The molecule has 2 aromatic heterocycles. The Labute approximate surface area is 234 Å². The summed E-state index contributed by atoms with van der Waals surface area (Å²) in [5.74, 6) is 3.76. The molecule has 0 radical (unpaired) electrons. The van der Waals surface area contributed by atoms with E-state index in [9.17, 15) is 4.79 Å². The number of nitrogens with zero attached hydrogens (tertiary/aromatic N) is 7. The van der Waals surface area contributed by atoms with Gasteiger partial charge in [0.1, 0.15) is 5.82 Å². The predicted molar refractivity (Wildman–Crippen MR) is 155 cm³/mol. The first-order chi connectivity index (χ1) is 19.5. The second-order valence-electron chi connectivity index (χ2n) is 11.4. The number of benzene rings is 1. The van der Waals surface area contributed by atoms with Crippen LogP contribution in [0.2, 0.25) is 0 Å². The lowest BCUT2D eigenvalue weighted by Gasteiger charge is -2.43. The fourth-order valence-electron chi connectivity index (χ4n) is 6.66. The van der Waals surface area contributed by atoms with Gasteiger partial charge in [-0.25, -0.2) is 14.8 Å². The van der Waals surface area contributed by atoms with Crippen LogP contribution >= 0.6 is 0 Å². The Kier molecular flexibility index (Phi) is 6.21. The maximum absolute atomic E-state index is 13.2. The number of nitrogens with one attached hydrogen (secondary N) is 1. The zero-order chi connectivity index (χ0) is 27.3. The van der Waals surface area contributed by atoms with E-state index in [1.54, 1.807) is 11.1 Å². The molecule has 2 amide bonds. The Morgan fingerprint density at radius 1 is 1.07 bits per heavy atom. The lowest BCUT2D eigenvalue weighted by Crippen LogP contribution is -2.56. The number of pyridine rings is 1. The van der Waals surface area contributed by atoms with Crippen LogP contribution in [0.25, 0.3) is 11.0 Å². The molecule has 40 heavy (non-hydrogen) atoms. The van der Waals surface area contributed by atoms with Gasteiger partial charge in [0.2, 0.25) is 5.95 Å². The minimum absolute atomic E-state index is 0.0392. The second kappa shape index (κ2) is 9.91. The van der Waals surface area contributed by atoms with Crippen molar-refractivity contribution in [1.29, 1.82) is 0 Å². The minimum Gasteiger partial charge on any atom is -0.378 e. The van der Waals surface area contributed by atoms with Crippen molar-refractivity contribution >= 4 is 40.2 Å². The first-order valence-corrected chi connectivity index (χ1v) is 14.2. The quantitative estimate of drug-likeness (QED) is 0.494. The van der Waals surface area contributed by atoms with Crippen LogP contribution in [0.5, 0.6) is 0 Å². The van der Waals surface area contributed by atoms with Crippen molar-refractivity contribution in [3.8, 4) is 12.3 Å². The summed E-state index contributed by atoms with van der Waals surface area (Å²) in [5, 5.41) is 4.01. The van der Waals surface area contributed by atoms with Gasteiger partial charge in [0.15, 0.2) is 5.65 Å². The van der Waals surface area contributed by atoms with Gasteiger partial charge in [-0.3, -0.25) is 9.80 Å². The molecule has 5 heterocycles. The zero-order valence-electron chi connectivity index (χ0n) is 22.8. The van der Waals surface area contributed by atoms with Crippen molar-refractivity contribution < 1.29 is 9.53 Å². The maximum atomic E-state index is 13.2.